The number of carbonyl (C=O) groups excluding carboxylic acids is 2. The van der Waals surface area contributed by atoms with Crippen LogP contribution in [-0.2, 0) is 9.53 Å². The number of ketones is 1. The molecule has 2 fully saturated rings. The normalized spacial score (nSPS) is 25.0. The number of amides is 1. The zero-order chi connectivity index (χ0) is 15.9. The van der Waals surface area contributed by atoms with Gasteiger partial charge in [0.05, 0.1) is 6.42 Å². The summed E-state index contributed by atoms with van der Waals surface area (Å²) in [6, 6.07) is 0. The van der Waals surface area contributed by atoms with E-state index in [-0.39, 0.29) is 44.6 Å². The van der Waals surface area contributed by atoms with Crippen LogP contribution in [0.5, 0.6) is 0 Å². The van der Waals surface area contributed by atoms with Gasteiger partial charge in [0.15, 0.2) is 0 Å². The van der Waals surface area contributed by atoms with E-state index in [1.54, 1.807) is 20.8 Å². The van der Waals surface area contributed by atoms with E-state index in [4.69, 9.17) is 4.74 Å². The zero-order valence-corrected chi connectivity index (χ0v) is 12.9. The summed E-state index contributed by atoms with van der Waals surface area (Å²) < 4.78 is 33.7. The van der Waals surface area contributed by atoms with Crippen molar-refractivity contribution in [2.24, 2.45) is 5.41 Å². The van der Waals surface area contributed by atoms with E-state index in [0.29, 0.717) is 0 Å². The van der Waals surface area contributed by atoms with Gasteiger partial charge in [-0.1, -0.05) is 0 Å². The van der Waals surface area contributed by atoms with Gasteiger partial charge in [-0.05, 0) is 40.0 Å². The lowest BCUT2D eigenvalue weighted by Crippen LogP contribution is -2.54. The molecule has 1 spiro atoms. The number of hydrogen-bond donors (Lipinski definition) is 0. The molecule has 6 heteroatoms. The van der Waals surface area contributed by atoms with Gasteiger partial charge in [-0.25, -0.2) is 13.6 Å². The number of halogens is 2. The second kappa shape index (κ2) is 5.21. The Bertz CT molecular complexity index is 435. The highest BCUT2D eigenvalue weighted by atomic mass is 19.3. The molecule has 21 heavy (non-hydrogen) atoms. The van der Waals surface area contributed by atoms with Crippen LogP contribution in [0.15, 0.2) is 0 Å². The fourth-order valence-corrected chi connectivity index (χ4v) is 3.14. The van der Waals surface area contributed by atoms with Crippen molar-refractivity contribution in [3.05, 3.63) is 0 Å². The van der Waals surface area contributed by atoms with E-state index in [0.717, 1.165) is 0 Å². The molecule has 0 aromatic rings. The number of likely N-dealkylation sites (tertiary alicyclic amines) is 1. The van der Waals surface area contributed by atoms with Crippen LogP contribution in [-0.4, -0.2) is 41.4 Å². The van der Waals surface area contributed by atoms with Gasteiger partial charge in [-0.15, -0.1) is 0 Å². The minimum absolute atomic E-state index is 0.223. The van der Waals surface area contributed by atoms with Gasteiger partial charge < -0.3 is 9.64 Å². The lowest BCUT2D eigenvalue weighted by molar-refractivity contribution is -0.176. The SMILES string of the molecule is CC(C)(C)OC(=O)N1CCC2(CCC(=O)CC2(F)F)CC1. The molecule has 1 saturated heterocycles. The summed E-state index contributed by atoms with van der Waals surface area (Å²) in [7, 11) is 0. The summed E-state index contributed by atoms with van der Waals surface area (Å²) in [6.45, 7) is 5.85. The highest BCUT2D eigenvalue weighted by molar-refractivity contribution is 5.80. The Morgan fingerprint density at radius 3 is 2.24 bits per heavy atom. The molecule has 4 nitrogen and oxygen atoms in total. The lowest BCUT2D eigenvalue weighted by Gasteiger charge is -2.48. The van der Waals surface area contributed by atoms with Crippen molar-refractivity contribution < 1.29 is 23.1 Å². The molecule has 1 aliphatic heterocycles. The highest BCUT2D eigenvalue weighted by Crippen LogP contribution is 2.53. The number of carbonyl (C=O) groups is 2. The first-order valence-corrected chi connectivity index (χ1v) is 7.42. The van der Waals surface area contributed by atoms with E-state index in [1.165, 1.54) is 4.90 Å². The maximum Gasteiger partial charge on any atom is 0.410 e. The zero-order valence-electron chi connectivity index (χ0n) is 12.9. The van der Waals surface area contributed by atoms with Gasteiger partial charge >= 0.3 is 6.09 Å². The van der Waals surface area contributed by atoms with Gasteiger partial charge in [-0.3, -0.25) is 4.79 Å². The molecule has 0 radical (unpaired) electrons. The van der Waals surface area contributed by atoms with E-state index in [2.05, 4.69) is 0 Å². The summed E-state index contributed by atoms with van der Waals surface area (Å²) in [4.78, 5) is 24.7. The molecule has 0 N–H and O–H groups in total. The average molecular weight is 303 g/mol. The molecule has 0 atom stereocenters. The van der Waals surface area contributed by atoms with Crippen molar-refractivity contribution >= 4 is 11.9 Å². The molecule has 120 valence electrons. The second-order valence-electron chi connectivity index (χ2n) is 7.17. The Morgan fingerprint density at radius 1 is 1.19 bits per heavy atom. The van der Waals surface area contributed by atoms with Crippen LogP contribution in [0.2, 0.25) is 0 Å². The third kappa shape index (κ3) is 3.35. The molecule has 0 bridgehead atoms. The van der Waals surface area contributed by atoms with Gasteiger partial charge in [0.25, 0.3) is 5.92 Å². The van der Waals surface area contributed by atoms with E-state index >= 15 is 0 Å². The average Bonchev–Trinajstić information content (AvgIpc) is 2.32. The molecule has 1 heterocycles. The number of Topliss-reactive ketones (excluding diaryl/α,β-unsaturated/α-hetero) is 1. The Kier molecular flexibility index (Phi) is 4.02. The lowest BCUT2D eigenvalue weighted by atomic mass is 9.65. The number of nitrogens with zero attached hydrogens (tertiary/aromatic N) is 1. The van der Waals surface area contributed by atoms with Crippen molar-refractivity contribution in [3.63, 3.8) is 0 Å². The number of hydrogen-bond acceptors (Lipinski definition) is 3. The molecule has 1 saturated carbocycles. The number of alkyl halides is 2. The quantitative estimate of drug-likeness (QED) is 0.689. The standard InChI is InChI=1S/C15H23F2NO3/c1-13(2,3)21-12(20)18-8-6-14(7-9-18)5-4-11(19)10-15(14,16)17/h4-10H2,1-3H3. The summed E-state index contributed by atoms with van der Waals surface area (Å²) in [5, 5.41) is 0. The van der Waals surface area contributed by atoms with Crippen LogP contribution in [0.1, 0.15) is 52.9 Å². The minimum atomic E-state index is -2.96. The van der Waals surface area contributed by atoms with E-state index in [9.17, 15) is 18.4 Å². The first-order chi connectivity index (χ1) is 9.55. The Morgan fingerprint density at radius 2 is 1.76 bits per heavy atom. The first-order valence-electron chi connectivity index (χ1n) is 7.42. The monoisotopic (exact) mass is 303 g/mol. The van der Waals surface area contributed by atoms with Crippen LogP contribution in [0, 0.1) is 5.41 Å². The summed E-state index contributed by atoms with van der Waals surface area (Å²) in [5.74, 6) is -3.32. The molecule has 0 aromatic heterocycles. The second-order valence-corrected chi connectivity index (χ2v) is 7.17. The van der Waals surface area contributed by atoms with Crippen molar-refractivity contribution in [3.8, 4) is 0 Å². The van der Waals surface area contributed by atoms with Crippen LogP contribution >= 0.6 is 0 Å². The van der Waals surface area contributed by atoms with Crippen molar-refractivity contribution in [2.45, 2.75) is 64.4 Å². The molecule has 0 unspecified atom stereocenters. The Labute approximate surface area is 123 Å². The maximum atomic E-state index is 14.2. The van der Waals surface area contributed by atoms with Gasteiger partial charge in [-0.2, -0.15) is 0 Å². The number of rotatable bonds is 0. The van der Waals surface area contributed by atoms with Crippen molar-refractivity contribution in [1.29, 1.82) is 0 Å². The fourth-order valence-electron chi connectivity index (χ4n) is 3.14. The summed E-state index contributed by atoms with van der Waals surface area (Å²) in [5.41, 5.74) is -1.72. The maximum absolute atomic E-state index is 14.2. The van der Waals surface area contributed by atoms with Crippen molar-refractivity contribution in [2.75, 3.05) is 13.1 Å². The predicted octanol–water partition coefficient (Wildman–Crippen LogP) is 3.39. The molecule has 0 aromatic carbocycles. The molecule has 2 rings (SSSR count). The smallest absolute Gasteiger partial charge is 0.410 e. The number of piperidine rings is 1. The van der Waals surface area contributed by atoms with Crippen LogP contribution < -0.4 is 0 Å². The Balaban J connectivity index is 1.99. The van der Waals surface area contributed by atoms with Crippen LogP contribution in [0.3, 0.4) is 0 Å². The van der Waals surface area contributed by atoms with Crippen LogP contribution in [0.25, 0.3) is 0 Å². The fraction of sp³-hybridized carbons (Fsp3) is 0.867. The summed E-state index contributed by atoms with van der Waals surface area (Å²) >= 11 is 0. The van der Waals surface area contributed by atoms with Gasteiger partial charge in [0.2, 0.25) is 0 Å². The first kappa shape index (κ1) is 16.2. The highest BCUT2D eigenvalue weighted by Gasteiger charge is 2.57. The third-order valence-corrected chi connectivity index (χ3v) is 4.45. The largest absolute Gasteiger partial charge is 0.444 e. The topological polar surface area (TPSA) is 46.6 Å². The van der Waals surface area contributed by atoms with Gasteiger partial charge in [0.1, 0.15) is 11.4 Å². The predicted molar refractivity (Wildman–Crippen MR) is 73.3 cm³/mol. The minimum Gasteiger partial charge on any atom is -0.444 e. The van der Waals surface area contributed by atoms with E-state index in [1.807, 2.05) is 0 Å². The molecular formula is C15H23F2NO3. The van der Waals surface area contributed by atoms with Crippen LogP contribution in [0.4, 0.5) is 13.6 Å². The summed E-state index contributed by atoms with van der Waals surface area (Å²) in [6.07, 6.45) is -0.200. The van der Waals surface area contributed by atoms with Crippen molar-refractivity contribution in [1.82, 2.24) is 4.90 Å². The van der Waals surface area contributed by atoms with E-state index < -0.39 is 29.5 Å². The van der Waals surface area contributed by atoms with Gasteiger partial charge in [0, 0.05) is 24.9 Å². The Hall–Kier alpha value is -1.20. The molecular weight excluding hydrogens is 280 g/mol. The molecule has 1 amide bonds. The molecule has 2 aliphatic rings. The number of ether oxygens (including phenoxy) is 1. The molecule has 1 aliphatic carbocycles. The third-order valence-electron chi connectivity index (χ3n) is 4.45.